The van der Waals surface area contributed by atoms with Crippen LogP contribution in [0.2, 0.25) is 0 Å². The van der Waals surface area contributed by atoms with Crippen molar-refractivity contribution in [3.05, 3.63) is 35.6 Å². The van der Waals surface area contributed by atoms with Crippen LogP contribution < -0.4 is 3.64 Å². The molecular formula is C8H8FIN2S. The van der Waals surface area contributed by atoms with Gasteiger partial charge in [-0.15, -0.1) is 11.8 Å². The Balaban J connectivity index is 2.98. The highest BCUT2D eigenvalue weighted by molar-refractivity contribution is 14.1. The highest BCUT2D eigenvalue weighted by Gasteiger charge is 2.02. The molecule has 0 amide bonds. The molecular weight excluding hydrogens is 302 g/mol. The van der Waals surface area contributed by atoms with Crippen LogP contribution in [-0.4, -0.2) is 11.3 Å². The third-order valence-electron chi connectivity index (χ3n) is 1.41. The number of nitrogens with zero attached hydrogens (tertiary/aromatic N) is 1. The largest absolute Gasteiger partial charge is 0.249 e. The number of nitrogens with one attached hydrogen (secondary N) is 1. The SMILES string of the molecule is CSC(=NNI)c1cccc(F)c1. The van der Waals surface area contributed by atoms with Crippen LogP contribution in [0.4, 0.5) is 4.39 Å². The maximum Gasteiger partial charge on any atom is 0.124 e. The molecule has 0 fully saturated rings. The van der Waals surface area contributed by atoms with Gasteiger partial charge in [0.25, 0.3) is 0 Å². The molecule has 70 valence electrons. The van der Waals surface area contributed by atoms with Crippen LogP contribution in [0, 0.1) is 5.82 Å². The molecule has 0 spiro atoms. The Morgan fingerprint density at radius 1 is 1.62 bits per heavy atom. The molecule has 0 saturated carbocycles. The van der Waals surface area contributed by atoms with Gasteiger partial charge in [0, 0.05) is 5.56 Å². The lowest BCUT2D eigenvalue weighted by Crippen LogP contribution is -1.99. The zero-order valence-electron chi connectivity index (χ0n) is 6.92. The van der Waals surface area contributed by atoms with Crippen molar-refractivity contribution in [3.8, 4) is 0 Å². The first kappa shape index (κ1) is 10.8. The molecule has 0 radical (unpaired) electrons. The standard InChI is InChI=1S/C8H8FIN2S/c1-13-8(11-12-10)6-3-2-4-7(9)5-6/h2-5,12H,1H3. The number of benzene rings is 1. The quantitative estimate of drug-likeness (QED) is 0.299. The van der Waals surface area contributed by atoms with Crippen molar-refractivity contribution in [1.82, 2.24) is 3.64 Å². The van der Waals surface area contributed by atoms with E-state index in [9.17, 15) is 4.39 Å². The first-order chi connectivity index (χ1) is 6.27. The summed E-state index contributed by atoms with van der Waals surface area (Å²) in [6.07, 6.45) is 1.90. The molecule has 0 aliphatic heterocycles. The van der Waals surface area contributed by atoms with Crippen LogP contribution in [0.15, 0.2) is 29.4 Å². The highest BCUT2D eigenvalue weighted by atomic mass is 127. The molecule has 0 aliphatic carbocycles. The van der Waals surface area contributed by atoms with Gasteiger partial charge in [-0.1, -0.05) is 12.1 Å². The number of rotatable bonds is 2. The summed E-state index contributed by atoms with van der Waals surface area (Å²) in [6, 6.07) is 6.37. The molecule has 0 bridgehead atoms. The lowest BCUT2D eigenvalue weighted by Gasteiger charge is -2.01. The summed E-state index contributed by atoms with van der Waals surface area (Å²) in [4.78, 5) is 0. The Hall–Kier alpha value is -0.300. The Labute approximate surface area is 94.5 Å². The molecule has 5 heteroatoms. The fourth-order valence-electron chi connectivity index (χ4n) is 0.888. The summed E-state index contributed by atoms with van der Waals surface area (Å²) < 4.78 is 15.5. The van der Waals surface area contributed by atoms with Crippen molar-refractivity contribution >= 4 is 39.7 Å². The van der Waals surface area contributed by atoms with E-state index in [1.807, 2.05) is 35.2 Å². The van der Waals surface area contributed by atoms with E-state index in [0.29, 0.717) is 0 Å². The first-order valence-electron chi connectivity index (χ1n) is 3.51. The predicted molar refractivity (Wildman–Crippen MR) is 63.6 cm³/mol. The molecule has 0 heterocycles. The van der Waals surface area contributed by atoms with Crippen molar-refractivity contribution < 1.29 is 4.39 Å². The van der Waals surface area contributed by atoms with Crippen molar-refractivity contribution in [2.45, 2.75) is 0 Å². The summed E-state index contributed by atoms with van der Waals surface area (Å²) >= 11 is 3.39. The monoisotopic (exact) mass is 310 g/mol. The molecule has 1 aromatic rings. The van der Waals surface area contributed by atoms with Crippen LogP contribution in [0.25, 0.3) is 0 Å². The van der Waals surface area contributed by atoms with E-state index >= 15 is 0 Å². The summed E-state index contributed by atoms with van der Waals surface area (Å²) in [6.45, 7) is 0. The van der Waals surface area contributed by atoms with Gasteiger partial charge in [-0.2, -0.15) is 5.10 Å². The van der Waals surface area contributed by atoms with Gasteiger partial charge < -0.3 is 0 Å². The second-order valence-electron chi connectivity index (χ2n) is 2.22. The fourth-order valence-corrected chi connectivity index (χ4v) is 1.79. The molecule has 0 unspecified atom stereocenters. The number of halogens is 2. The lowest BCUT2D eigenvalue weighted by atomic mass is 10.2. The molecule has 0 aliphatic rings. The minimum Gasteiger partial charge on any atom is -0.249 e. The number of thioether (sulfide) groups is 1. The third-order valence-corrected chi connectivity index (χ3v) is 2.36. The number of hydrazone groups is 1. The average Bonchev–Trinajstić information content (AvgIpc) is 2.14. The van der Waals surface area contributed by atoms with Gasteiger partial charge in [0.05, 0.1) is 22.9 Å². The second-order valence-corrected chi connectivity index (χ2v) is 3.49. The van der Waals surface area contributed by atoms with E-state index in [2.05, 4.69) is 8.74 Å². The van der Waals surface area contributed by atoms with Crippen molar-refractivity contribution in [1.29, 1.82) is 0 Å². The number of hydrogen-bond donors (Lipinski definition) is 1. The van der Waals surface area contributed by atoms with Crippen molar-refractivity contribution in [3.63, 3.8) is 0 Å². The molecule has 2 nitrogen and oxygen atoms in total. The maximum atomic E-state index is 12.8. The van der Waals surface area contributed by atoms with Gasteiger partial charge in [0.1, 0.15) is 10.9 Å². The maximum absolute atomic E-state index is 12.8. The van der Waals surface area contributed by atoms with Crippen LogP contribution in [0.3, 0.4) is 0 Å². The van der Waals surface area contributed by atoms with E-state index in [-0.39, 0.29) is 5.82 Å². The van der Waals surface area contributed by atoms with Gasteiger partial charge in [0.2, 0.25) is 0 Å². The number of hydrogen-bond acceptors (Lipinski definition) is 3. The average molecular weight is 310 g/mol. The van der Waals surface area contributed by atoms with Gasteiger partial charge in [0.15, 0.2) is 0 Å². The Morgan fingerprint density at radius 2 is 2.38 bits per heavy atom. The van der Waals surface area contributed by atoms with Crippen molar-refractivity contribution in [2.75, 3.05) is 6.26 Å². The highest BCUT2D eigenvalue weighted by Crippen LogP contribution is 2.12. The lowest BCUT2D eigenvalue weighted by molar-refractivity contribution is 0.627. The van der Waals surface area contributed by atoms with Gasteiger partial charge >= 0.3 is 0 Å². The molecule has 0 saturated heterocycles. The van der Waals surface area contributed by atoms with Crippen LogP contribution in [0.1, 0.15) is 5.56 Å². The minimum atomic E-state index is -0.243. The molecule has 0 aromatic heterocycles. The molecule has 1 N–H and O–H groups in total. The third kappa shape index (κ3) is 3.15. The molecule has 0 atom stereocenters. The fraction of sp³-hybridized carbons (Fsp3) is 0.125. The normalized spacial score (nSPS) is 11.5. The topological polar surface area (TPSA) is 24.4 Å². The van der Waals surface area contributed by atoms with Crippen LogP contribution in [0.5, 0.6) is 0 Å². The predicted octanol–water partition coefficient (Wildman–Crippen LogP) is 2.79. The van der Waals surface area contributed by atoms with E-state index < -0.39 is 0 Å². The summed E-state index contributed by atoms with van der Waals surface area (Å²) in [5.41, 5.74) is 0.789. The first-order valence-corrected chi connectivity index (χ1v) is 5.81. The molecule has 13 heavy (non-hydrogen) atoms. The van der Waals surface area contributed by atoms with E-state index in [1.165, 1.54) is 23.9 Å². The summed E-state index contributed by atoms with van der Waals surface area (Å²) in [5, 5.41) is 4.78. The van der Waals surface area contributed by atoms with Crippen LogP contribution >= 0.6 is 34.6 Å². The zero-order chi connectivity index (χ0) is 9.68. The zero-order valence-corrected chi connectivity index (χ0v) is 9.89. The second kappa shape index (κ2) is 5.43. The van der Waals surface area contributed by atoms with Gasteiger partial charge in [-0.3, -0.25) is 0 Å². The summed E-state index contributed by atoms with van der Waals surface area (Å²) in [5.74, 6) is -0.243. The smallest absolute Gasteiger partial charge is 0.124 e. The van der Waals surface area contributed by atoms with Crippen molar-refractivity contribution in [2.24, 2.45) is 5.10 Å². The molecule has 1 aromatic carbocycles. The van der Waals surface area contributed by atoms with E-state index in [1.54, 1.807) is 6.07 Å². The Bertz CT molecular complexity index is 317. The molecule has 1 rings (SSSR count). The summed E-state index contributed by atoms with van der Waals surface area (Å²) in [7, 11) is 0. The van der Waals surface area contributed by atoms with E-state index in [4.69, 9.17) is 0 Å². The minimum absolute atomic E-state index is 0.243. The van der Waals surface area contributed by atoms with Gasteiger partial charge in [-0.25, -0.2) is 8.03 Å². The Kier molecular flexibility index (Phi) is 4.51. The van der Waals surface area contributed by atoms with Gasteiger partial charge in [-0.05, 0) is 18.4 Å². The van der Waals surface area contributed by atoms with Crippen LogP contribution in [-0.2, 0) is 0 Å². The van der Waals surface area contributed by atoms with E-state index in [0.717, 1.165) is 10.6 Å². The Morgan fingerprint density at radius 3 is 2.92 bits per heavy atom.